The second-order valence-electron chi connectivity index (χ2n) is 9.90. The van der Waals surface area contributed by atoms with Gasteiger partial charge in [-0.05, 0) is 84.8 Å². The molecular formula is C30H30Cl2N4O4. The number of aryl methyl sites for hydroxylation is 2. The molecular weight excluding hydrogens is 551 g/mol. The Kier molecular flexibility index (Phi) is 8.30. The van der Waals surface area contributed by atoms with E-state index in [9.17, 15) is 14.7 Å². The number of carbonyl (C=O) groups excluding carboxylic acids is 2. The van der Waals surface area contributed by atoms with Crippen LogP contribution in [0.3, 0.4) is 0 Å². The van der Waals surface area contributed by atoms with Crippen LogP contribution in [0.1, 0.15) is 46.9 Å². The highest BCUT2D eigenvalue weighted by atomic mass is 35.5. The summed E-state index contributed by atoms with van der Waals surface area (Å²) in [5.41, 5.74) is 5.39. The quantitative estimate of drug-likeness (QED) is 0.277. The Morgan fingerprint density at radius 2 is 1.82 bits per heavy atom. The zero-order valence-electron chi connectivity index (χ0n) is 22.3. The number of likely N-dealkylation sites (tertiary alicyclic amines) is 1. The fourth-order valence-electron chi connectivity index (χ4n) is 5.11. The molecule has 1 atom stereocenters. The van der Waals surface area contributed by atoms with E-state index < -0.39 is 6.09 Å². The van der Waals surface area contributed by atoms with Gasteiger partial charge in [0, 0.05) is 34.9 Å². The molecule has 1 saturated heterocycles. The molecule has 0 radical (unpaired) electrons. The first-order chi connectivity index (χ1) is 19.3. The van der Waals surface area contributed by atoms with Gasteiger partial charge in [-0.3, -0.25) is 9.20 Å². The summed E-state index contributed by atoms with van der Waals surface area (Å²) in [4.78, 5) is 32.2. The normalized spacial score (nSPS) is 15.0. The van der Waals surface area contributed by atoms with E-state index in [1.807, 2.05) is 50.4 Å². The molecule has 0 saturated carbocycles. The number of rotatable bonds is 7. The topological polar surface area (TPSA) is 96.2 Å². The molecule has 2 amide bonds. The van der Waals surface area contributed by atoms with Crippen LogP contribution < -0.4 is 10.1 Å². The van der Waals surface area contributed by atoms with Gasteiger partial charge in [-0.15, -0.1) is 0 Å². The van der Waals surface area contributed by atoms with E-state index in [-0.39, 0.29) is 25.1 Å². The molecule has 40 heavy (non-hydrogen) atoms. The molecule has 0 spiro atoms. The molecule has 0 bridgehead atoms. The zero-order valence-corrected chi connectivity index (χ0v) is 23.8. The van der Waals surface area contributed by atoms with Crippen molar-refractivity contribution in [2.75, 3.05) is 13.2 Å². The Labute approximate surface area is 242 Å². The zero-order chi connectivity index (χ0) is 28.4. The third-order valence-corrected chi connectivity index (χ3v) is 7.56. The van der Waals surface area contributed by atoms with Gasteiger partial charge in [0.25, 0.3) is 5.91 Å². The second-order valence-corrected chi connectivity index (χ2v) is 10.8. The Morgan fingerprint density at radius 3 is 2.50 bits per heavy atom. The molecule has 4 aromatic rings. The summed E-state index contributed by atoms with van der Waals surface area (Å²) in [7, 11) is 0. The number of ether oxygens (including phenoxy) is 1. The molecule has 3 heterocycles. The number of carbonyl (C=O) groups is 2. The number of fused-ring (bicyclic) bond motifs is 1. The van der Waals surface area contributed by atoms with Gasteiger partial charge < -0.3 is 20.1 Å². The van der Waals surface area contributed by atoms with Crippen molar-refractivity contribution in [1.29, 1.82) is 0 Å². The Bertz CT molecular complexity index is 1550. The fourth-order valence-corrected chi connectivity index (χ4v) is 5.68. The maximum absolute atomic E-state index is 13.0. The second kappa shape index (κ2) is 11.9. The number of nitrogens with zero attached hydrogens (tertiary/aromatic N) is 3. The van der Waals surface area contributed by atoms with E-state index in [2.05, 4.69) is 5.32 Å². The summed E-state index contributed by atoms with van der Waals surface area (Å²) >= 11 is 12.1. The number of hydrogen-bond acceptors (Lipinski definition) is 5. The number of hydrogen-bond donors (Lipinski definition) is 2. The maximum atomic E-state index is 13.0. The third kappa shape index (κ3) is 5.80. The summed E-state index contributed by atoms with van der Waals surface area (Å²) in [6.07, 6.45) is 3.55. The lowest BCUT2D eigenvalue weighted by Gasteiger charge is -2.23. The average Bonchev–Trinajstić information content (AvgIpc) is 3.56. The molecule has 0 aliphatic carbocycles. The molecule has 208 valence electrons. The number of amides is 2. The van der Waals surface area contributed by atoms with Crippen molar-refractivity contribution in [3.63, 3.8) is 0 Å². The first-order valence-corrected chi connectivity index (χ1v) is 14.0. The minimum Gasteiger partial charge on any atom is -0.394 e. The number of benzene rings is 2. The van der Waals surface area contributed by atoms with E-state index in [1.54, 1.807) is 27.5 Å². The van der Waals surface area contributed by atoms with Crippen molar-refractivity contribution >= 4 is 40.8 Å². The summed E-state index contributed by atoms with van der Waals surface area (Å²) < 4.78 is 7.55. The molecule has 2 aromatic carbocycles. The van der Waals surface area contributed by atoms with Crippen LogP contribution in [-0.4, -0.2) is 50.6 Å². The highest BCUT2D eigenvalue weighted by molar-refractivity contribution is 6.34. The molecule has 2 N–H and O–H groups in total. The smallest absolute Gasteiger partial charge is 0.394 e. The predicted molar refractivity (Wildman–Crippen MR) is 155 cm³/mol. The molecule has 1 aliphatic heterocycles. The Balaban J connectivity index is 1.38. The van der Waals surface area contributed by atoms with E-state index in [4.69, 9.17) is 32.9 Å². The minimum atomic E-state index is -0.624. The molecule has 8 nitrogen and oxygen atoms in total. The lowest BCUT2D eigenvalue weighted by molar-refractivity contribution is 0.0677. The SMILES string of the molecule is CCc1nc2c(C)cc(-c3ccc(C(=O)N4CCC[C@H]4CO)cc3)cn2c1OC(=O)NCc1cc(Cl)cc(Cl)c1. The molecule has 1 aliphatic rings. The van der Waals surface area contributed by atoms with Crippen molar-refractivity contribution in [3.05, 3.63) is 87.2 Å². The van der Waals surface area contributed by atoms with Crippen molar-refractivity contribution in [3.8, 4) is 17.0 Å². The molecule has 10 heteroatoms. The highest BCUT2D eigenvalue weighted by Crippen LogP contribution is 2.30. The lowest BCUT2D eigenvalue weighted by Crippen LogP contribution is -2.37. The van der Waals surface area contributed by atoms with Gasteiger partial charge in [0.2, 0.25) is 5.88 Å². The van der Waals surface area contributed by atoms with Crippen molar-refractivity contribution in [2.24, 2.45) is 0 Å². The lowest BCUT2D eigenvalue weighted by atomic mass is 10.0. The molecule has 1 fully saturated rings. The number of pyridine rings is 1. The standard InChI is InChI=1S/C30H30Cl2N4O4/c1-3-26-29(40-30(39)33-15-19-12-23(31)14-24(32)13-19)36-16-22(11-18(2)27(36)34-26)20-6-8-21(9-7-20)28(38)35-10-4-5-25(35)17-37/h6-9,11-14,16,25,37H,3-5,10,15,17H2,1-2H3,(H,33,39)/t25-/m0/s1. The number of halogens is 2. The van der Waals surface area contributed by atoms with Gasteiger partial charge in [-0.1, -0.05) is 42.3 Å². The minimum absolute atomic E-state index is 0.0227. The van der Waals surface area contributed by atoms with Gasteiger partial charge in [-0.2, -0.15) is 0 Å². The molecule has 0 unspecified atom stereocenters. The van der Waals surface area contributed by atoms with Gasteiger partial charge in [0.1, 0.15) is 11.3 Å². The van der Waals surface area contributed by atoms with Crippen LogP contribution in [-0.2, 0) is 13.0 Å². The molecule has 5 rings (SSSR count). The third-order valence-electron chi connectivity index (χ3n) is 7.13. The van der Waals surface area contributed by atoms with Crippen LogP contribution >= 0.6 is 23.2 Å². The van der Waals surface area contributed by atoms with Crippen LogP contribution in [0.25, 0.3) is 16.8 Å². The van der Waals surface area contributed by atoms with Crippen LogP contribution in [0.4, 0.5) is 4.79 Å². The van der Waals surface area contributed by atoms with Crippen LogP contribution in [0.5, 0.6) is 5.88 Å². The number of nitrogens with one attached hydrogen (secondary N) is 1. The van der Waals surface area contributed by atoms with Gasteiger partial charge in [-0.25, -0.2) is 9.78 Å². The maximum Gasteiger partial charge on any atom is 0.414 e. The predicted octanol–water partition coefficient (Wildman–Crippen LogP) is 6.06. The van der Waals surface area contributed by atoms with Gasteiger partial charge in [0.15, 0.2) is 0 Å². The van der Waals surface area contributed by atoms with E-state index in [1.165, 1.54) is 0 Å². The number of aliphatic hydroxyl groups is 1. The monoisotopic (exact) mass is 580 g/mol. The first-order valence-electron chi connectivity index (χ1n) is 13.2. The van der Waals surface area contributed by atoms with Crippen LogP contribution in [0.15, 0.2) is 54.7 Å². The van der Waals surface area contributed by atoms with E-state index in [0.717, 1.165) is 35.1 Å². The summed E-state index contributed by atoms with van der Waals surface area (Å²) in [5.74, 6) is 0.277. The highest BCUT2D eigenvalue weighted by Gasteiger charge is 2.28. The van der Waals surface area contributed by atoms with E-state index >= 15 is 0 Å². The first kappa shape index (κ1) is 28.0. The largest absolute Gasteiger partial charge is 0.414 e. The fraction of sp³-hybridized carbons (Fsp3) is 0.300. The van der Waals surface area contributed by atoms with Gasteiger partial charge >= 0.3 is 6.09 Å². The van der Waals surface area contributed by atoms with E-state index in [0.29, 0.717) is 45.8 Å². The van der Waals surface area contributed by atoms with Crippen LogP contribution in [0, 0.1) is 6.92 Å². The average molecular weight is 582 g/mol. The number of aliphatic hydroxyl groups excluding tert-OH is 1. The summed E-state index contributed by atoms with van der Waals surface area (Å²) in [6, 6.07) is 14.4. The van der Waals surface area contributed by atoms with Crippen LogP contribution in [0.2, 0.25) is 10.0 Å². The summed E-state index contributed by atoms with van der Waals surface area (Å²) in [6.45, 7) is 4.74. The number of aromatic nitrogens is 2. The Morgan fingerprint density at radius 1 is 1.10 bits per heavy atom. The van der Waals surface area contributed by atoms with Crippen molar-refractivity contribution in [1.82, 2.24) is 19.6 Å². The molecule has 2 aromatic heterocycles. The van der Waals surface area contributed by atoms with Gasteiger partial charge in [0.05, 0.1) is 12.6 Å². The number of imidazole rings is 1. The van der Waals surface area contributed by atoms with Crippen molar-refractivity contribution < 1.29 is 19.4 Å². The summed E-state index contributed by atoms with van der Waals surface area (Å²) in [5, 5.41) is 13.3. The Hall–Kier alpha value is -3.59. The van der Waals surface area contributed by atoms with Crippen molar-refractivity contribution in [2.45, 2.75) is 45.7 Å².